The van der Waals surface area contributed by atoms with Crippen LogP contribution in [0.15, 0.2) is 24.3 Å². The second kappa shape index (κ2) is 14.3. The molecule has 0 bridgehead atoms. The molecule has 1 heterocycles. The highest BCUT2D eigenvalue weighted by molar-refractivity contribution is 5.74. The fourth-order valence-electron chi connectivity index (χ4n) is 5.46. The number of benzene rings is 1. The van der Waals surface area contributed by atoms with E-state index in [0.717, 1.165) is 44.9 Å². The van der Waals surface area contributed by atoms with Gasteiger partial charge in [0.2, 0.25) is 0 Å². The Morgan fingerprint density at radius 2 is 2.00 bits per heavy atom. The molecule has 10 heteroatoms. The van der Waals surface area contributed by atoms with Crippen LogP contribution in [-0.2, 0) is 4.74 Å². The Bertz CT molecular complexity index is 836. The van der Waals surface area contributed by atoms with Gasteiger partial charge in [0, 0.05) is 38.1 Å². The first-order valence-corrected chi connectivity index (χ1v) is 13.1. The summed E-state index contributed by atoms with van der Waals surface area (Å²) in [5.41, 5.74) is 0.685. The highest BCUT2D eigenvalue weighted by Crippen LogP contribution is 2.33. The molecular formula is C26H41FN4O5. The van der Waals surface area contributed by atoms with Crippen molar-refractivity contribution in [2.24, 2.45) is 11.8 Å². The van der Waals surface area contributed by atoms with E-state index < -0.39 is 12.2 Å². The fourth-order valence-corrected chi connectivity index (χ4v) is 5.46. The van der Waals surface area contributed by atoms with Crippen molar-refractivity contribution in [3.63, 3.8) is 0 Å². The lowest BCUT2D eigenvalue weighted by Gasteiger charge is -2.38. The topological polar surface area (TPSA) is 123 Å². The average Bonchev–Trinajstić information content (AvgIpc) is 2.85. The molecule has 0 spiro atoms. The first-order chi connectivity index (χ1) is 17.4. The molecule has 1 aliphatic carbocycles. The quantitative estimate of drug-likeness (QED) is 0.293. The molecule has 2 aliphatic rings. The number of aliphatic hydroxyl groups is 1. The molecular weight excluding hydrogens is 467 g/mol. The predicted molar refractivity (Wildman–Crippen MR) is 134 cm³/mol. The largest absolute Gasteiger partial charge is 0.465 e. The van der Waals surface area contributed by atoms with Gasteiger partial charge in [-0.2, -0.15) is 0 Å². The summed E-state index contributed by atoms with van der Waals surface area (Å²) in [7, 11) is 1.88. The normalized spacial score (nSPS) is 24.1. The molecule has 1 aromatic carbocycles. The van der Waals surface area contributed by atoms with Crippen LogP contribution in [0.2, 0.25) is 0 Å². The van der Waals surface area contributed by atoms with Gasteiger partial charge >= 0.3 is 12.1 Å². The van der Waals surface area contributed by atoms with Gasteiger partial charge in [0.15, 0.2) is 0 Å². The molecule has 3 atom stereocenters. The highest BCUT2D eigenvalue weighted by atomic mass is 19.1. The number of likely N-dealkylation sites (tertiary alicyclic amines) is 1. The molecule has 9 nitrogen and oxygen atoms in total. The number of rotatable bonds is 11. The van der Waals surface area contributed by atoms with Crippen molar-refractivity contribution in [2.45, 2.75) is 63.2 Å². The summed E-state index contributed by atoms with van der Waals surface area (Å²) < 4.78 is 20.0. The molecule has 3 unspecified atom stereocenters. The van der Waals surface area contributed by atoms with Gasteiger partial charge in [0.1, 0.15) is 5.82 Å². The molecule has 202 valence electrons. The van der Waals surface area contributed by atoms with Gasteiger partial charge in [-0.1, -0.05) is 12.1 Å². The number of carboxylic acid groups (broad SMARTS) is 1. The van der Waals surface area contributed by atoms with Gasteiger partial charge in [-0.3, -0.25) is 0 Å². The number of nitrogens with zero attached hydrogens (tertiary/aromatic N) is 1. The molecule has 3 amide bonds. The summed E-state index contributed by atoms with van der Waals surface area (Å²) in [5.74, 6) is 0.0883. The summed E-state index contributed by atoms with van der Waals surface area (Å²) >= 11 is 0. The Balaban J connectivity index is 1.61. The van der Waals surface area contributed by atoms with Crippen LogP contribution in [0.25, 0.3) is 0 Å². The first-order valence-electron chi connectivity index (χ1n) is 13.1. The first kappa shape index (κ1) is 28.1. The fraction of sp³-hybridized carbons (Fsp3) is 0.692. The Hall–Kier alpha value is -2.43. The van der Waals surface area contributed by atoms with Crippen LogP contribution in [-0.4, -0.2) is 79.2 Å². The van der Waals surface area contributed by atoms with Crippen molar-refractivity contribution >= 4 is 12.1 Å². The van der Waals surface area contributed by atoms with Crippen LogP contribution >= 0.6 is 0 Å². The van der Waals surface area contributed by atoms with Gasteiger partial charge < -0.3 is 35.8 Å². The van der Waals surface area contributed by atoms with Crippen LogP contribution in [0.5, 0.6) is 0 Å². The highest BCUT2D eigenvalue weighted by Gasteiger charge is 2.32. The Kier molecular flexibility index (Phi) is 11.2. The van der Waals surface area contributed by atoms with E-state index in [2.05, 4.69) is 16.0 Å². The minimum absolute atomic E-state index is 0.000443. The molecule has 1 saturated carbocycles. The van der Waals surface area contributed by atoms with Gasteiger partial charge in [-0.05, 0) is 75.6 Å². The number of urea groups is 1. The maximum Gasteiger partial charge on any atom is 0.404 e. The number of hydrogen-bond donors (Lipinski definition) is 5. The SMILES string of the molecule is CNCC(CC1CCC(O)CC1)NC(=O)N1CCCC(C(OCCNC(=O)O)c2cccc(F)c2)C1. The molecule has 5 N–H and O–H groups in total. The van der Waals surface area contributed by atoms with Crippen molar-refractivity contribution in [3.05, 3.63) is 35.6 Å². The van der Waals surface area contributed by atoms with Crippen molar-refractivity contribution in [3.8, 4) is 0 Å². The lowest BCUT2D eigenvalue weighted by atomic mass is 9.83. The lowest BCUT2D eigenvalue weighted by molar-refractivity contribution is -0.00868. The van der Waals surface area contributed by atoms with Crippen molar-refractivity contribution in [1.82, 2.24) is 20.9 Å². The number of likely N-dealkylation sites (N-methyl/N-ethyl adjacent to an activating group) is 1. The van der Waals surface area contributed by atoms with Crippen molar-refractivity contribution < 1.29 is 28.9 Å². The van der Waals surface area contributed by atoms with E-state index in [-0.39, 0.29) is 43.1 Å². The van der Waals surface area contributed by atoms with Gasteiger partial charge in [0.05, 0.1) is 18.8 Å². The summed E-state index contributed by atoms with van der Waals surface area (Å²) in [6, 6.07) is 6.15. The minimum Gasteiger partial charge on any atom is -0.465 e. The smallest absolute Gasteiger partial charge is 0.404 e. The molecule has 36 heavy (non-hydrogen) atoms. The molecule has 2 fully saturated rings. The van der Waals surface area contributed by atoms with Crippen LogP contribution in [0.1, 0.15) is 56.6 Å². The number of amides is 3. The van der Waals surface area contributed by atoms with Crippen LogP contribution in [0.3, 0.4) is 0 Å². The van der Waals surface area contributed by atoms with E-state index in [0.29, 0.717) is 31.1 Å². The van der Waals surface area contributed by atoms with E-state index in [9.17, 15) is 19.1 Å². The third-order valence-corrected chi connectivity index (χ3v) is 7.24. The van der Waals surface area contributed by atoms with Gasteiger partial charge in [-0.15, -0.1) is 0 Å². The number of carbonyl (C=O) groups excluding carboxylic acids is 1. The number of piperidine rings is 1. The van der Waals surface area contributed by atoms with Crippen molar-refractivity contribution in [1.29, 1.82) is 0 Å². The maximum atomic E-state index is 14.0. The Labute approximate surface area is 212 Å². The number of halogens is 1. The molecule has 3 rings (SSSR count). The van der Waals surface area contributed by atoms with E-state index >= 15 is 0 Å². The third-order valence-electron chi connectivity index (χ3n) is 7.24. The lowest BCUT2D eigenvalue weighted by Crippen LogP contribution is -2.52. The standard InChI is InChI=1S/C26H41FN4O5/c1-28-16-22(14-18-7-9-23(32)10-8-18)30-25(33)31-12-3-5-20(17-31)24(36-13-11-29-26(34)35)19-4-2-6-21(27)15-19/h2,4,6,15,18,20,22-24,28-29,32H,3,5,7-14,16-17H2,1H3,(H,30,33)(H,34,35). The number of ether oxygens (including phenoxy) is 1. The zero-order valence-electron chi connectivity index (χ0n) is 21.1. The predicted octanol–water partition coefficient (Wildman–Crippen LogP) is 3.10. The number of aliphatic hydroxyl groups excluding tert-OH is 1. The molecule has 1 aliphatic heterocycles. The second-order valence-corrected chi connectivity index (χ2v) is 10.0. The monoisotopic (exact) mass is 508 g/mol. The van der Waals surface area contributed by atoms with Gasteiger partial charge in [-0.25, -0.2) is 14.0 Å². The zero-order chi connectivity index (χ0) is 25.9. The van der Waals surface area contributed by atoms with E-state index in [1.54, 1.807) is 12.1 Å². The van der Waals surface area contributed by atoms with E-state index in [4.69, 9.17) is 9.84 Å². The number of nitrogens with one attached hydrogen (secondary N) is 3. The van der Waals surface area contributed by atoms with Crippen LogP contribution in [0, 0.1) is 17.7 Å². The van der Waals surface area contributed by atoms with E-state index in [1.165, 1.54) is 12.1 Å². The Morgan fingerprint density at radius 1 is 1.22 bits per heavy atom. The average molecular weight is 509 g/mol. The Morgan fingerprint density at radius 3 is 2.69 bits per heavy atom. The van der Waals surface area contributed by atoms with Crippen molar-refractivity contribution in [2.75, 3.05) is 39.8 Å². The number of carbonyl (C=O) groups is 2. The molecule has 0 aromatic heterocycles. The summed E-state index contributed by atoms with van der Waals surface area (Å²) in [6.45, 7) is 2.06. The molecule has 1 saturated heterocycles. The maximum absolute atomic E-state index is 14.0. The zero-order valence-corrected chi connectivity index (χ0v) is 21.1. The number of hydrogen-bond acceptors (Lipinski definition) is 5. The molecule has 0 radical (unpaired) electrons. The van der Waals surface area contributed by atoms with Gasteiger partial charge in [0.25, 0.3) is 0 Å². The third kappa shape index (κ3) is 8.90. The summed E-state index contributed by atoms with van der Waals surface area (Å²) in [4.78, 5) is 25.8. The molecule has 1 aromatic rings. The van der Waals surface area contributed by atoms with E-state index in [1.807, 2.05) is 11.9 Å². The second-order valence-electron chi connectivity index (χ2n) is 10.0. The minimum atomic E-state index is -1.12. The van der Waals surface area contributed by atoms with Crippen LogP contribution in [0.4, 0.5) is 14.0 Å². The summed E-state index contributed by atoms with van der Waals surface area (Å²) in [5, 5.41) is 27.3. The van der Waals surface area contributed by atoms with Crippen LogP contribution < -0.4 is 16.0 Å². The summed E-state index contributed by atoms with van der Waals surface area (Å²) in [6.07, 6.45) is 4.33.